The Morgan fingerprint density at radius 1 is 1.21 bits per heavy atom. The number of carbonyl (C=O) groups excluding carboxylic acids is 1. The standard InChI is InChI=1S/C22H30Cl2N2O3/c1-25(21(27)15-28-18-12-16(23)11-17(24)13-18)19-5-7-22(6-4-10-29-22)14-20(19)26-8-2-3-9-26/h11-13,19-20H,2-10,14-15H2,1H3/t19-,20-,22-/m1/s1. The number of likely N-dealkylation sites (N-methyl/N-ethyl adjacent to an activating group) is 1. The number of benzene rings is 1. The van der Waals surface area contributed by atoms with Crippen molar-refractivity contribution in [3.8, 4) is 5.75 Å². The van der Waals surface area contributed by atoms with Crippen molar-refractivity contribution in [1.82, 2.24) is 9.80 Å². The van der Waals surface area contributed by atoms with Crippen LogP contribution in [0, 0.1) is 0 Å². The summed E-state index contributed by atoms with van der Waals surface area (Å²) in [5.41, 5.74) is 0.0294. The number of halogens is 2. The normalized spacial score (nSPS) is 30.0. The van der Waals surface area contributed by atoms with Gasteiger partial charge in [0.05, 0.1) is 5.60 Å². The molecule has 1 aromatic carbocycles. The van der Waals surface area contributed by atoms with Gasteiger partial charge >= 0.3 is 0 Å². The first kappa shape index (κ1) is 21.2. The van der Waals surface area contributed by atoms with Gasteiger partial charge in [0.2, 0.25) is 0 Å². The number of nitrogens with zero attached hydrogens (tertiary/aromatic N) is 2. The van der Waals surface area contributed by atoms with Crippen molar-refractivity contribution in [2.75, 3.05) is 33.4 Å². The summed E-state index contributed by atoms with van der Waals surface area (Å²) < 4.78 is 11.9. The van der Waals surface area contributed by atoms with Crippen molar-refractivity contribution in [2.45, 2.75) is 62.6 Å². The second-order valence-corrected chi connectivity index (χ2v) is 9.53. The Morgan fingerprint density at radius 2 is 1.93 bits per heavy atom. The van der Waals surface area contributed by atoms with Crippen molar-refractivity contribution in [2.24, 2.45) is 0 Å². The number of likely N-dealkylation sites (tertiary alicyclic amines) is 1. The second-order valence-electron chi connectivity index (χ2n) is 8.65. The molecule has 4 rings (SSSR count). The summed E-state index contributed by atoms with van der Waals surface area (Å²) >= 11 is 12.0. The largest absolute Gasteiger partial charge is 0.484 e. The summed E-state index contributed by atoms with van der Waals surface area (Å²) in [5, 5.41) is 0.994. The summed E-state index contributed by atoms with van der Waals surface area (Å²) in [6, 6.07) is 5.56. The van der Waals surface area contributed by atoms with Crippen molar-refractivity contribution in [1.29, 1.82) is 0 Å². The molecule has 1 spiro atoms. The van der Waals surface area contributed by atoms with Crippen LogP contribution in [0.3, 0.4) is 0 Å². The average molecular weight is 441 g/mol. The summed E-state index contributed by atoms with van der Waals surface area (Å²) in [6.45, 7) is 3.10. The molecule has 3 atom stereocenters. The Balaban J connectivity index is 1.42. The van der Waals surface area contributed by atoms with Crippen LogP contribution in [0.2, 0.25) is 10.0 Å². The summed E-state index contributed by atoms with van der Waals surface area (Å²) in [7, 11) is 1.91. The zero-order chi connectivity index (χ0) is 20.4. The van der Waals surface area contributed by atoms with Crippen molar-refractivity contribution >= 4 is 29.1 Å². The zero-order valence-corrected chi connectivity index (χ0v) is 18.6. The fourth-order valence-corrected chi connectivity index (χ4v) is 5.78. The smallest absolute Gasteiger partial charge is 0.260 e. The van der Waals surface area contributed by atoms with Crippen molar-refractivity contribution in [3.63, 3.8) is 0 Å². The van der Waals surface area contributed by atoms with Gasteiger partial charge in [-0.3, -0.25) is 9.69 Å². The van der Waals surface area contributed by atoms with Crippen molar-refractivity contribution < 1.29 is 14.3 Å². The lowest BCUT2D eigenvalue weighted by molar-refractivity contribution is -0.139. The fourth-order valence-electron chi connectivity index (χ4n) is 5.28. The molecule has 7 heteroatoms. The highest BCUT2D eigenvalue weighted by Crippen LogP contribution is 2.42. The van der Waals surface area contributed by atoms with E-state index in [1.807, 2.05) is 11.9 Å². The Bertz CT molecular complexity index is 713. The first-order valence-electron chi connectivity index (χ1n) is 10.7. The second kappa shape index (κ2) is 9.01. The maximum absolute atomic E-state index is 12.9. The highest BCUT2D eigenvalue weighted by atomic mass is 35.5. The lowest BCUT2D eigenvalue weighted by Gasteiger charge is -2.48. The van der Waals surface area contributed by atoms with Crippen LogP contribution in [0.15, 0.2) is 18.2 Å². The summed E-state index contributed by atoms with van der Waals surface area (Å²) in [6.07, 6.45) is 7.83. The highest BCUT2D eigenvalue weighted by Gasteiger charge is 2.47. The monoisotopic (exact) mass is 440 g/mol. The van der Waals surface area contributed by atoms with E-state index in [2.05, 4.69) is 4.90 Å². The fraction of sp³-hybridized carbons (Fsp3) is 0.682. The predicted molar refractivity (Wildman–Crippen MR) is 115 cm³/mol. The zero-order valence-electron chi connectivity index (χ0n) is 17.0. The van der Waals surface area contributed by atoms with Gasteiger partial charge in [0.1, 0.15) is 5.75 Å². The van der Waals surface area contributed by atoms with E-state index in [-0.39, 0.29) is 24.2 Å². The molecule has 5 nitrogen and oxygen atoms in total. The molecule has 1 aromatic rings. The van der Waals surface area contributed by atoms with Crippen LogP contribution >= 0.6 is 23.2 Å². The first-order chi connectivity index (χ1) is 14.0. The molecule has 1 amide bonds. The van der Waals surface area contributed by atoms with Gasteiger partial charge in [-0.15, -0.1) is 0 Å². The van der Waals surface area contributed by atoms with Gasteiger partial charge in [-0.05, 0) is 76.2 Å². The molecule has 0 radical (unpaired) electrons. The third kappa shape index (κ3) is 4.84. The van der Waals surface area contributed by atoms with Crippen LogP contribution in [0.4, 0.5) is 0 Å². The van der Waals surface area contributed by atoms with E-state index in [9.17, 15) is 4.79 Å². The Hall–Kier alpha value is -1.01. The van der Waals surface area contributed by atoms with Gasteiger partial charge in [0.15, 0.2) is 6.61 Å². The van der Waals surface area contributed by atoms with E-state index in [1.165, 1.54) is 12.8 Å². The minimum absolute atomic E-state index is 0.0152. The Kier molecular flexibility index (Phi) is 6.59. The van der Waals surface area contributed by atoms with Crippen LogP contribution in [0.1, 0.15) is 44.9 Å². The molecule has 1 saturated carbocycles. The summed E-state index contributed by atoms with van der Waals surface area (Å²) in [4.78, 5) is 17.4. The number of carbonyl (C=O) groups is 1. The molecule has 160 valence electrons. The Labute approximate surface area is 183 Å². The molecule has 0 unspecified atom stereocenters. The SMILES string of the molecule is CN(C(=O)COc1cc(Cl)cc(Cl)c1)[C@@H]1CC[C@]2(CCCO2)C[C@H]1N1CCCC1. The molecule has 0 aromatic heterocycles. The summed E-state index contributed by atoms with van der Waals surface area (Å²) in [5.74, 6) is 0.501. The number of amides is 1. The van der Waals surface area contributed by atoms with Crippen LogP contribution in [0.25, 0.3) is 0 Å². The minimum atomic E-state index is -0.0158. The first-order valence-corrected chi connectivity index (χ1v) is 11.4. The average Bonchev–Trinajstić information content (AvgIpc) is 3.37. The molecule has 1 aliphatic carbocycles. The van der Waals surface area contributed by atoms with Gasteiger partial charge in [0, 0.05) is 35.8 Å². The van der Waals surface area contributed by atoms with Gasteiger partial charge in [-0.25, -0.2) is 0 Å². The van der Waals surface area contributed by atoms with Crippen LogP contribution in [0.5, 0.6) is 5.75 Å². The van der Waals surface area contributed by atoms with E-state index in [4.69, 9.17) is 32.7 Å². The van der Waals surface area contributed by atoms with Crippen molar-refractivity contribution in [3.05, 3.63) is 28.2 Å². The predicted octanol–water partition coefficient (Wildman–Crippen LogP) is 4.40. The van der Waals surface area contributed by atoms with Gasteiger partial charge in [-0.2, -0.15) is 0 Å². The third-order valence-corrected chi connectivity index (χ3v) is 7.24. The molecule has 3 fully saturated rings. The molecular formula is C22H30Cl2N2O3. The topological polar surface area (TPSA) is 42.0 Å². The van der Waals surface area contributed by atoms with E-state index in [0.717, 1.165) is 51.8 Å². The molecule has 2 aliphatic heterocycles. The molecule has 0 N–H and O–H groups in total. The van der Waals surface area contributed by atoms with Gasteiger partial charge in [-0.1, -0.05) is 23.2 Å². The minimum Gasteiger partial charge on any atom is -0.484 e. The quantitative estimate of drug-likeness (QED) is 0.680. The van der Waals surface area contributed by atoms with E-state index in [0.29, 0.717) is 21.8 Å². The third-order valence-electron chi connectivity index (χ3n) is 6.80. The molecular weight excluding hydrogens is 411 g/mol. The van der Waals surface area contributed by atoms with E-state index >= 15 is 0 Å². The van der Waals surface area contributed by atoms with Crippen LogP contribution < -0.4 is 4.74 Å². The number of hydrogen-bond donors (Lipinski definition) is 0. The lowest BCUT2D eigenvalue weighted by atomic mass is 9.76. The molecule has 2 heterocycles. The van der Waals surface area contributed by atoms with E-state index in [1.54, 1.807) is 18.2 Å². The molecule has 3 aliphatic rings. The molecule has 29 heavy (non-hydrogen) atoms. The number of rotatable bonds is 5. The maximum atomic E-state index is 12.9. The van der Waals surface area contributed by atoms with Gasteiger partial charge in [0.25, 0.3) is 5.91 Å². The van der Waals surface area contributed by atoms with Crippen LogP contribution in [-0.4, -0.2) is 66.7 Å². The van der Waals surface area contributed by atoms with Gasteiger partial charge < -0.3 is 14.4 Å². The highest BCUT2D eigenvalue weighted by molar-refractivity contribution is 6.34. The number of hydrogen-bond acceptors (Lipinski definition) is 4. The molecule has 2 saturated heterocycles. The van der Waals surface area contributed by atoms with Crippen LogP contribution in [-0.2, 0) is 9.53 Å². The Morgan fingerprint density at radius 3 is 2.59 bits per heavy atom. The molecule has 0 bridgehead atoms. The van der Waals surface area contributed by atoms with E-state index < -0.39 is 0 Å². The lowest BCUT2D eigenvalue weighted by Crippen LogP contribution is -2.58. The number of ether oxygens (including phenoxy) is 2. The maximum Gasteiger partial charge on any atom is 0.260 e.